The number of amides is 1. The van der Waals surface area contributed by atoms with Gasteiger partial charge in [0.25, 0.3) is 5.91 Å². The number of halogens is 1. The number of furan rings is 1. The summed E-state index contributed by atoms with van der Waals surface area (Å²) < 4.78 is 5.21. The van der Waals surface area contributed by atoms with E-state index in [1.165, 1.54) is 45.2 Å². The molecule has 0 radical (unpaired) electrons. The number of carbonyl (C=O) groups excluding carboxylic acids is 1. The fourth-order valence-corrected chi connectivity index (χ4v) is 4.35. The van der Waals surface area contributed by atoms with Crippen molar-refractivity contribution in [2.45, 2.75) is 58.4 Å². The van der Waals surface area contributed by atoms with Crippen molar-refractivity contribution in [2.75, 3.05) is 39.3 Å². The van der Waals surface area contributed by atoms with E-state index < -0.39 is 0 Å². The summed E-state index contributed by atoms with van der Waals surface area (Å²) in [4.78, 5) is 19.3. The lowest BCUT2D eigenvalue weighted by atomic mass is 10.1. The summed E-state index contributed by atoms with van der Waals surface area (Å²) in [5, 5.41) is 9.84. The van der Waals surface area contributed by atoms with Gasteiger partial charge in [-0.15, -0.1) is 24.0 Å². The standard InChI is InChI=1S/C22H37N5O2.HI/c1-3-23-22(25-12-6-11-24-21(28)20-17(2)10-14-29-20)26-19-9-13-27(16-19)15-18-7-4-5-8-18;/h10,14,18-19H,3-9,11-13,15-16H2,1-2H3,(H,24,28)(H2,23,25,26);1H. The Kier molecular flexibility index (Phi) is 11.0. The first kappa shape index (κ1) is 25.0. The summed E-state index contributed by atoms with van der Waals surface area (Å²) in [5.74, 6) is 2.03. The zero-order chi connectivity index (χ0) is 20.5. The van der Waals surface area contributed by atoms with Crippen LogP contribution in [-0.2, 0) is 0 Å². The molecule has 0 aromatic carbocycles. The van der Waals surface area contributed by atoms with E-state index in [0.717, 1.165) is 37.0 Å². The molecule has 8 heteroatoms. The highest BCUT2D eigenvalue weighted by atomic mass is 127. The second kappa shape index (κ2) is 13.2. The molecule has 1 saturated carbocycles. The van der Waals surface area contributed by atoms with E-state index in [0.29, 0.717) is 24.9 Å². The highest BCUT2D eigenvalue weighted by Gasteiger charge is 2.26. The molecule has 1 atom stereocenters. The van der Waals surface area contributed by atoms with Crippen LogP contribution < -0.4 is 16.0 Å². The number of hydrogen-bond acceptors (Lipinski definition) is 4. The van der Waals surface area contributed by atoms with Gasteiger partial charge in [0, 0.05) is 50.9 Å². The van der Waals surface area contributed by atoms with Crippen molar-refractivity contribution in [2.24, 2.45) is 10.9 Å². The topological polar surface area (TPSA) is 81.9 Å². The van der Waals surface area contributed by atoms with E-state index in [-0.39, 0.29) is 29.9 Å². The molecule has 30 heavy (non-hydrogen) atoms. The van der Waals surface area contributed by atoms with Gasteiger partial charge in [0.05, 0.1) is 6.26 Å². The van der Waals surface area contributed by atoms with Crippen molar-refractivity contribution in [1.82, 2.24) is 20.9 Å². The first-order chi connectivity index (χ1) is 14.2. The van der Waals surface area contributed by atoms with E-state index in [4.69, 9.17) is 4.42 Å². The molecule has 2 heterocycles. The first-order valence-electron chi connectivity index (χ1n) is 11.2. The van der Waals surface area contributed by atoms with E-state index >= 15 is 0 Å². The van der Waals surface area contributed by atoms with Crippen LogP contribution in [0.3, 0.4) is 0 Å². The van der Waals surface area contributed by atoms with E-state index in [9.17, 15) is 4.79 Å². The molecule has 1 unspecified atom stereocenters. The molecular weight excluding hydrogens is 493 g/mol. The molecule has 3 rings (SSSR count). The Hall–Kier alpha value is -1.29. The van der Waals surface area contributed by atoms with Crippen molar-refractivity contribution >= 4 is 35.8 Å². The summed E-state index contributed by atoms with van der Waals surface area (Å²) >= 11 is 0. The Labute approximate surface area is 197 Å². The predicted octanol–water partition coefficient (Wildman–Crippen LogP) is 3.15. The van der Waals surface area contributed by atoms with E-state index in [1.54, 1.807) is 12.3 Å². The maximum atomic E-state index is 12.0. The van der Waals surface area contributed by atoms with Crippen LogP contribution in [0, 0.1) is 12.8 Å². The minimum Gasteiger partial charge on any atom is -0.459 e. The number of nitrogens with one attached hydrogen (secondary N) is 3. The number of rotatable bonds is 9. The van der Waals surface area contributed by atoms with Gasteiger partial charge in [0.2, 0.25) is 0 Å². The quantitative estimate of drug-likeness (QED) is 0.198. The van der Waals surface area contributed by atoms with E-state index in [1.807, 2.05) is 6.92 Å². The van der Waals surface area contributed by atoms with Gasteiger partial charge < -0.3 is 25.3 Å². The number of aliphatic imine (C=N–C) groups is 1. The smallest absolute Gasteiger partial charge is 0.287 e. The Morgan fingerprint density at radius 3 is 2.77 bits per heavy atom. The second-order valence-electron chi connectivity index (χ2n) is 8.34. The van der Waals surface area contributed by atoms with Crippen molar-refractivity contribution in [3.63, 3.8) is 0 Å². The van der Waals surface area contributed by atoms with Crippen LogP contribution in [0.1, 0.15) is 61.6 Å². The van der Waals surface area contributed by atoms with Crippen molar-refractivity contribution < 1.29 is 9.21 Å². The molecule has 3 N–H and O–H groups in total. The van der Waals surface area contributed by atoms with Gasteiger partial charge in [0.1, 0.15) is 0 Å². The molecule has 1 aromatic rings. The fraction of sp³-hybridized carbons (Fsp3) is 0.727. The summed E-state index contributed by atoms with van der Waals surface area (Å²) in [6.45, 7) is 9.62. The third-order valence-electron chi connectivity index (χ3n) is 5.91. The molecule has 1 saturated heterocycles. The third kappa shape index (κ3) is 7.76. The number of carbonyl (C=O) groups is 1. The van der Waals surface area contributed by atoms with Crippen LogP contribution in [0.4, 0.5) is 0 Å². The molecule has 1 aromatic heterocycles. The lowest BCUT2D eigenvalue weighted by Crippen LogP contribution is -2.45. The van der Waals surface area contributed by atoms with Gasteiger partial charge >= 0.3 is 0 Å². The van der Waals surface area contributed by atoms with Gasteiger partial charge in [-0.05, 0) is 51.5 Å². The maximum absolute atomic E-state index is 12.0. The lowest BCUT2D eigenvalue weighted by Gasteiger charge is -2.21. The SMILES string of the molecule is CCNC(=NCCCNC(=O)c1occc1C)NC1CCN(CC2CCCC2)C1.I. The minimum atomic E-state index is -0.158. The van der Waals surface area contributed by atoms with Gasteiger partial charge in [-0.1, -0.05) is 12.8 Å². The average Bonchev–Trinajstić information content (AvgIpc) is 3.45. The molecule has 1 aliphatic carbocycles. The summed E-state index contributed by atoms with van der Waals surface area (Å²) in [6, 6.07) is 2.27. The Morgan fingerprint density at radius 1 is 1.27 bits per heavy atom. The molecule has 7 nitrogen and oxygen atoms in total. The van der Waals surface area contributed by atoms with Gasteiger partial charge in [-0.25, -0.2) is 0 Å². The molecule has 0 spiro atoms. The van der Waals surface area contributed by atoms with Gasteiger partial charge in [-0.2, -0.15) is 0 Å². The second-order valence-corrected chi connectivity index (χ2v) is 8.34. The minimum absolute atomic E-state index is 0. The van der Waals surface area contributed by atoms with Crippen LogP contribution in [0.5, 0.6) is 0 Å². The molecule has 170 valence electrons. The first-order valence-corrected chi connectivity index (χ1v) is 11.2. The number of hydrogen-bond donors (Lipinski definition) is 3. The zero-order valence-electron chi connectivity index (χ0n) is 18.4. The number of guanidine groups is 1. The molecular formula is C22H38IN5O2. The number of nitrogens with zero attached hydrogens (tertiary/aromatic N) is 2. The Morgan fingerprint density at radius 2 is 2.07 bits per heavy atom. The molecule has 2 fully saturated rings. The number of aryl methyl sites for hydroxylation is 1. The molecule has 1 aliphatic heterocycles. The van der Waals surface area contributed by atoms with Crippen molar-refractivity contribution in [1.29, 1.82) is 0 Å². The van der Waals surface area contributed by atoms with Crippen LogP contribution in [-0.4, -0.2) is 62.1 Å². The zero-order valence-corrected chi connectivity index (χ0v) is 20.7. The largest absolute Gasteiger partial charge is 0.459 e. The van der Waals surface area contributed by atoms with Gasteiger partial charge in [-0.3, -0.25) is 9.79 Å². The Balaban J connectivity index is 0.00000320. The van der Waals surface area contributed by atoms with Crippen LogP contribution in [0.2, 0.25) is 0 Å². The highest BCUT2D eigenvalue weighted by Crippen LogP contribution is 2.26. The Bertz CT molecular complexity index is 672. The van der Waals surface area contributed by atoms with Crippen molar-refractivity contribution in [3.05, 3.63) is 23.7 Å². The molecule has 2 aliphatic rings. The summed E-state index contributed by atoms with van der Waals surface area (Å²) in [6.07, 6.45) is 9.17. The molecule has 1 amide bonds. The van der Waals surface area contributed by atoms with Gasteiger partial charge in [0.15, 0.2) is 11.7 Å². The average molecular weight is 531 g/mol. The van der Waals surface area contributed by atoms with Crippen LogP contribution in [0.15, 0.2) is 21.7 Å². The molecule has 0 bridgehead atoms. The fourth-order valence-electron chi connectivity index (χ4n) is 4.35. The summed E-state index contributed by atoms with van der Waals surface area (Å²) in [7, 11) is 0. The predicted molar refractivity (Wildman–Crippen MR) is 132 cm³/mol. The normalized spacial score (nSPS) is 20.2. The third-order valence-corrected chi connectivity index (χ3v) is 5.91. The van der Waals surface area contributed by atoms with E-state index in [2.05, 4.69) is 32.8 Å². The maximum Gasteiger partial charge on any atom is 0.287 e. The highest BCUT2D eigenvalue weighted by molar-refractivity contribution is 14.0. The lowest BCUT2D eigenvalue weighted by molar-refractivity contribution is 0.0925. The monoisotopic (exact) mass is 531 g/mol. The number of likely N-dealkylation sites (tertiary alicyclic amines) is 1. The van der Waals surface area contributed by atoms with Crippen molar-refractivity contribution in [3.8, 4) is 0 Å². The van der Waals surface area contributed by atoms with Crippen LogP contribution in [0.25, 0.3) is 0 Å². The summed E-state index contributed by atoms with van der Waals surface area (Å²) in [5.41, 5.74) is 0.859. The van der Waals surface area contributed by atoms with Crippen LogP contribution >= 0.6 is 24.0 Å².